The highest BCUT2D eigenvalue weighted by atomic mass is 31.2. The van der Waals surface area contributed by atoms with Crippen molar-refractivity contribution in [3.8, 4) is 0 Å². The molecule has 0 spiro atoms. The third-order valence-electron chi connectivity index (χ3n) is 8.86. The number of esters is 2. The van der Waals surface area contributed by atoms with Crippen LogP contribution in [0.4, 0.5) is 0 Å². The monoisotopic (exact) mass is 782 g/mol. The van der Waals surface area contributed by atoms with Crippen LogP contribution in [0.3, 0.4) is 0 Å². The third kappa shape index (κ3) is 39.7. The third-order valence-corrected chi connectivity index (χ3v) is 9.83. The first kappa shape index (κ1) is 52.0. The van der Waals surface area contributed by atoms with Crippen LogP contribution in [-0.4, -0.2) is 70.0 Å². The molecule has 0 aliphatic carbocycles. The van der Waals surface area contributed by atoms with E-state index >= 15 is 0 Å². The summed E-state index contributed by atoms with van der Waals surface area (Å²) < 4.78 is 33.8. The summed E-state index contributed by atoms with van der Waals surface area (Å²) in [5.41, 5.74) is 0. The summed E-state index contributed by atoms with van der Waals surface area (Å²) in [6.45, 7) is 4.07. The largest absolute Gasteiger partial charge is 0.756 e. The summed E-state index contributed by atoms with van der Waals surface area (Å²) in [6, 6.07) is 0. The maximum absolute atomic E-state index is 12.7. The van der Waals surface area contributed by atoms with Crippen LogP contribution in [0.5, 0.6) is 0 Å². The minimum absolute atomic E-state index is 0.0366. The number of ether oxygens (including phenoxy) is 2. The summed E-state index contributed by atoms with van der Waals surface area (Å²) in [7, 11) is 1.14. The number of quaternary nitrogens is 1. The number of nitrogens with zero attached hydrogens (tertiary/aromatic N) is 1. The second-order valence-electron chi connectivity index (χ2n) is 15.3. The Labute approximate surface area is 331 Å². The number of phosphoric ester groups is 1. The molecule has 2 atom stereocenters. The van der Waals surface area contributed by atoms with E-state index in [1.54, 1.807) is 0 Å². The Balaban J connectivity index is 4.43. The molecule has 1 unspecified atom stereocenters. The molecule has 9 nitrogen and oxygen atoms in total. The van der Waals surface area contributed by atoms with E-state index in [0.29, 0.717) is 17.4 Å². The molecule has 0 bridgehead atoms. The smallest absolute Gasteiger partial charge is 0.306 e. The number of phosphoric acid groups is 1. The van der Waals surface area contributed by atoms with Crippen molar-refractivity contribution in [2.24, 2.45) is 0 Å². The molecule has 314 valence electrons. The summed E-state index contributed by atoms with van der Waals surface area (Å²) >= 11 is 0. The molecule has 0 aliphatic rings. The van der Waals surface area contributed by atoms with Crippen LogP contribution in [0, 0.1) is 0 Å². The number of hydrogen-bond donors (Lipinski definition) is 0. The van der Waals surface area contributed by atoms with Crippen molar-refractivity contribution in [3.63, 3.8) is 0 Å². The number of hydrogen-bond acceptors (Lipinski definition) is 8. The van der Waals surface area contributed by atoms with Gasteiger partial charge in [0.25, 0.3) is 7.82 Å². The molecule has 0 aromatic heterocycles. The standard InChI is InChI=1S/C44H80NO8P/c1-6-8-10-12-14-16-18-20-21-22-23-25-27-29-31-33-35-37-44(47)53-42(41-52-54(48,49)51-39-38-45(3,4)5)40-50-43(46)36-34-32-30-28-26-24-19-17-15-13-11-9-7-2/h8,10,14,16,20-21,23,25,42H,6-7,9,11-13,15,17-19,22,24,26-41H2,1-5H3/b10-8-,16-14-,21-20-,25-23-/t42-/m1/s1. The van der Waals surface area contributed by atoms with Crippen LogP contribution in [0.25, 0.3) is 0 Å². The first-order valence-electron chi connectivity index (χ1n) is 21.3. The number of rotatable bonds is 38. The van der Waals surface area contributed by atoms with E-state index in [2.05, 4.69) is 62.5 Å². The Kier molecular flexibility index (Phi) is 35.2. The van der Waals surface area contributed by atoms with Gasteiger partial charge in [-0.3, -0.25) is 14.2 Å². The zero-order valence-electron chi connectivity index (χ0n) is 35.2. The van der Waals surface area contributed by atoms with Crippen LogP contribution < -0.4 is 4.89 Å². The molecule has 0 radical (unpaired) electrons. The number of unbranched alkanes of at least 4 members (excludes halogenated alkanes) is 16. The van der Waals surface area contributed by atoms with E-state index < -0.39 is 32.5 Å². The highest BCUT2D eigenvalue weighted by Gasteiger charge is 2.21. The van der Waals surface area contributed by atoms with E-state index in [9.17, 15) is 19.0 Å². The zero-order chi connectivity index (χ0) is 40.0. The van der Waals surface area contributed by atoms with Gasteiger partial charge in [-0.1, -0.05) is 152 Å². The lowest BCUT2D eigenvalue weighted by molar-refractivity contribution is -0.870. The number of likely N-dealkylation sites (N-methyl/N-ethyl adjacent to an activating group) is 1. The van der Waals surface area contributed by atoms with Gasteiger partial charge in [-0.05, 0) is 51.4 Å². The van der Waals surface area contributed by atoms with Crippen LogP contribution >= 0.6 is 7.82 Å². The Morgan fingerprint density at radius 2 is 1.06 bits per heavy atom. The van der Waals surface area contributed by atoms with Gasteiger partial charge in [0.2, 0.25) is 0 Å². The van der Waals surface area contributed by atoms with Crippen LogP contribution in [0.1, 0.15) is 168 Å². The lowest BCUT2D eigenvalue weighted by atomic mass is 10.0. The van der Waals surface area contributed by atoms with Crippen LogP contribution in [0.15, 0.2) is 48.6 Å². The van der Waals surface area contributed by atoms with Crippen LogP contribution in [-0.2, 0) is 32.7 Å². The molecule has 10 heteroatoms. The quantitative estimate of drug-likeness (QED) is 0.0200. The van der Waals surface area contributed by atoms with Gasteiger partial charge < -0.3 is 27.9 Å². The second-order valence-corrected chi connectivity index (χ2v) is 16.7. The number of allylic oxidation sites excluding steroid dienone is 8. The molecule has 0 N–H and O–H groups in total. The molecule has 0 amide bonds. The molecule has 0 saturated heterocycles. The van der Waals surface area contributed by atoms with Gasteiger partial charge in [0, 0.05) is 12.8 Å². The molecule has 0 rings (SSSR count). The van der Waals surface area contributed by atoms with Crippen molar-refractivity contribution < 1.29 is 42.1 Å². The maximum atomic E-state index is 12.7. The molecular formula is C44H80NO8P. The van der Waals surface area contributed by atoms with Crippen molar-refractivity contribution in [2.45, 2.75) is 174 Å². The topological polar surface area (TPSA) is 111 Å². The van der Waals surface area contributed by atoms with Gasteiger partial charge in [0.1, 0.15) is 19.8 Å². The van der Waals surface area contributed by atoms with E-state index in [4.69, 9.17) is 18.5 Å². The number of carbonyl (C=O) groups excluding carboxylic acids is 2. The number of carbonyl (C=O) groups is 2. The molecule has 54 heavy (non-hydrogen) atoms. The van der Waals surface area contributed by atoms with Gasteiger partial charge in [0.05, 0.1) is 27.7 Å². The Bertz CT molecular complexity index is 1070. The van der Waals surface area contributed by atoms with E-state index in [1.807, 2.05) is 21.1 Å². The predicted molar refractivity (Wildman–Crippen MR) is 222 cm³/mol. The summed E-state index contributed by atoms with van der Waals surface area (Å²) in [5.74, 6) is -0.862. The zero-order valence-corrected chi connectivity index (χ0v) is 36.0. The molecule has 0 fully saturated rings. The Hall–Kier alpha value is -2.03. The highest BCUT2D eigenvalue weighted by Crippen LogP contribution is 2.38. The highest BCUT2D eigenvalue weighted by molar-refractivity contribution is 7.45. The fourth-order valence-corrected chi connectivity index (χ4v) is 6.26. The second kappa shape index (κ2) is 36.6. The summed E-state index contributed by atoms with van der Waals surface area (Å²) in [4.78, 5) is 37.5. The van der Waals surface area contributed by atoms with Crippen molar-refractivity contribution in [2.75, 3.05) is 47.5 Å². The van der Waals surface area contributed by atoms with E-state index in [0.717, 1.165) is 70.6 Å². The molecule has 0 aromatic carbocycles. The van der Waals surface area contributed by atoms with Gasteiger partial charge in [-0.15, -0.1) is 0 Å². The molecule has 0 aliphatic heterocycles. The average molecular weight is 782 g/mol. The fraction of sp³-hybridized carbons (Fsp3) is 0.773. The minimum Gasteiger partial charge on any atom is -0.756 e. The van der Waals surface area contributed by atoms with Crippen LogP contribution in [0.2, 0.25) is 0 Å². The lowest BCUT2D eigenvalue weighted by Crippen LogP contribution is -2.37. The van der Waals surface area contributed by atoms with Gasteiger partial charge in [0.15, 0.2) is 6.10 Å². The van der Waals surface area contributed by atoms with Crippen molar-refractivity contribution >= 4 is 19.8 Å². The molecule has 0 heterocycles. The average Bonchev–Trinajstić information content (AvgIpc) is 3.12. The Morgan fingerprint density at radius 3 is 1.57 bits per heavy atom. The summed E-state index contributed by atoms with van der Waals surface area (Å²) in [5, 5.41) is 0. The van der Waals surface area contributed by atoms with Crippen molar-refractivity contribution in [1.82, 2.24) is 0 Å². The SMILES string of the molecule is CC/C=C\C/C=C\C/C=C\C/C=C\CCCCCCC(=O)O[C@H](COC(=O)CCCCCCCCCCCCCCC)COP(=O)([O-])OCC[N+](C)(C)C. The fourth-order valence-electron chi connectivity index (χ4n) is 5.53. The van der Waals surface area contributed by atoms with E-state index in [-0.39, 0.29) is 26.1 Å². The normalized spacial score (nSPS) is 14.1. The predicted octanol–water partition coefficient (Wildman–Crippen LogP) is 11.3. The minimum atomic E-state index is -4.63. The van der Waals surface area contributed by atoms with Gasteiger partial charge in [-0.2, -0.15) is 0 Å². The van der Waals surface area contributed by atoms with Gasteiger partial charge in [-0.25, -0.2) is 0 Å². The maximum Gasteiger partial charge on any atom is 0.306 e. The molecule has 0 aromatic rings. The van der Waals surface area contributed by atoms with Crippen molar-refractivity contribution in [1.29, 1.82) is 0 Å². The Morgan fingerprint density at radius 1 is 0.593 bits per heavy atom. The van der Waals surface area contributed by atoms with E-state index in [1.165, 1.54) is 64.2 Å². The molecular weight excluding hydrogens is 701 g/mol. The lowest BCUT2D eigenvalue weighted by Gasteiger charge is -2.28. The molecule has 0 saturated carbocycles. The summed E-state index contributed by atoms with van der Waals surface area (Å²) in [6.07, 6.45) is 41.3. The van der Waals surface area contributed by atoms with Crippen molar-refractivity contribution in [3.05, 3.63) is 48.6 Å². The van der Waals surface area contributed by atoms with Gasteiger partial charge >= 0.3 is 11.9 Å². The first-order chi connectivity index (χ1) is 26.0. The first-order valence-corrected chi connectivity index (χ1v) is 22.8.